The van der Waals surface area contributed by atoms with E-state index >= 15 is 0 Å². The first-order valence-corrected chi connectivity index (χ1v) is 7.03. The molecule has 2 N–H and O–H groups in total. The zero-order chi connectivity index (χ0) is 15.6. The lowest BCUT2D eigenvalue weighted by molar-refractivity contribution is 0.0696. The van der Waals surface area contributed by atoms with Gasteiger partial charge in [-0.3, -0.25) is 0 Å². The Balaban J connectivity index is 2.41. The van der Waals surface area contributed by atoms with Gasteiger partial charge in [0.2, 0.25) is 0 Å². The first-order valence-electron chi connectivity index (χ1n) is 6.65. The molecule has 0 atom stereocenters. The number of carboxylic acid groups (broad SMARTS) is 1. The number of anilines is 2. The highest BCUT2D eigenvalue weighted by Crippen LogP contribution is 2.27. The van der Waals surface area contributed by atoms with Crippen LogP contribution in [0.5, 0.6) is 0 Å². The number of benzene rings is 1. The lowest BCUT2D eigenvalue weighted by atomic mass is 10.1. The minimum Gasteiger partial charge on any atom is -0.478 e. The number of rotatable bonds is 4. The van der Waals surface area contributed by atoms with Crippen LogP contribution < -0.4 is 5.32 Å². The summed E-state index contributed by atoms with van der Waals surface area (Å²) in [5, 5.41) is 12.8. The van der Waals surface area contributed by atoms with Crippen molar-refractivity contribution in [3.05, 3.63) is 52.2 Å². The molecule has 0 amide bonds. The van der Waals surface area contributed by atoms with Gasteiger partial charge in [0.15, 0.2) is 0 Å². The van der Waals surface area contributed by atoms with Crippen molar-refractivity contribution >= 4 is 29.1 Å². The number of aryl methyl sites for hydroxylation is 1. The van der Waals surface area contributed by atoms with Gasteiger partial charge in [-0.1, -0.05) is 31.5 Å². The predicted molar refractivity (Wildman–Crippen MR) is 84.8 cm³/mol. The van der Waals surface area contributed by atoms with Crippen LogP contribution in [0.15, 0.2) is 30.3 Å². The first-order chi connectivity index (χ1) is 9.86. The van der Waals surface area contributed by atoms with Crippen LogP contribution in [0.25, 0.3) is 0 Å². The molecule has 0 spiro atoms. The number of halogens is 1. The molecule has 0 aliphatic rings. The van der Waals surface area contributed by atoms with E-state index in [0.717, 1.165) is 11.3 Å². The molecule has 0 bridgehead atoms. The summed E-state index contributed by atoms with van der Waals surface area (Å²) in [5.74, 6) is -0.361. The summed E-state index contributed by atoms with van der Waals surface area (Å²) in [6.45, 7) is 5.89. The van der Waals surface area contributed by atoms with Crippen molar-refractivity contribution in [2.24, 2.45) is 0 Å². The average molecular weight is 305 g/mol. The molecule has 2 rings (SSSR count). The number of carboxylic acids is 1. The minimum absolute atomic E-state index is 0.137. The topological polar surface area (TPSA) is 62.2 Å². The van der Waals surface area contributed by atoms with E-state index in [1.54, 1.807) is 6.07 Å². The molecule has 1 aromatic heterocycles. The van der Waals surface area contributed by atoms with Crippen molar-refractivity contribution in [2.75, 3.05) is 5.32 Å². The lowest BCUT2D eigenvalue weighted by Gasteiger charge is -2.12. The summed E-state index contributed by atoms with van der Waals surface area (Å²) in [6, 6.07) is 8.72. The number of nitrogens with one attached hydrogen (secondary N) is 1. The molecule has 0 aliphatic heterocycles. The molecule has 110 valence electrons. The van der Waals surface area contributed by atoms with Crippen molar-refractivity contribution < 1.29 is 9.90 Å². The molecule has 21 heavy (non-hydrogen) atoms. The van der Waals surface area contributed by atoms with Gasteiger partial charge in [-0.25, -0.2) is 9.78 Å². The molecule has 1 heterocycles. The molecule has 0 aliphatic carbocycles. The summed E-state index contributed by atoms with van der Waals surface area (Å²) in [7, 11) is 0. The van der Waals surface area contributed by atoms with Gasteiger partial charge in [-0.15, -0.1) is 0 Å². The Bertz CT molecular complexity index is 684. The largest absolute Gasteiger partial charge is 0.478 e. The molecule has 0 fully saturated rings. The van der Waals surface area contributed by atoms with Gasteiger partial charge in [0, 0.05) is 5.69 Å². The van der Waals surface area contributed by atoms with E-state index in [1.165, 1.54) is 6.07 Å². The molecular weight excluding hydrogens is 288 g/mol. The maximum absolute atomic E-state index is 11.2. The van der Waals surface area contributed by atoms with Crippen LogP contribution in [0.1, 0.15) is 41.4 Å². The van der Waals surface area contributed by atoms with Gasteiger partial charge in [0.05, 0.1) is 16.3 Å². The summed E-state index contributed by atoms with van der Waals surface area (Å²) >= 11 is 6.18. The fraction of sp³-hybridized carbons (Fsp3) is 0.250. The van der Waals surface area contributed by atoms with Crippen molar-refractivity contribution in [3.63, 3.8) is 0 Å². The van der Waals surface area contributed by atoms with E-state index in [-0.39, 0.29) is 11.5 Å². The number of aromatic carboxylic acids is 1. The van der Waals surface area contributed by atoms with E-state index in [1.807, 2.05) is 39.0 Å². The second-order valence-corrected chi connectivity index (χ2v) is 5.64. The Morgan fingerprint density at radius 1 is 1.29 bits per heavy atom. The third-order valence-electron chi connectivity index (χ3n) is 3.07. The molecule has 5 heteroatoms. The van der Waals surface area contributed by atoms with Crippen LogP contribution >= 0.6 is 11.6 Å². The number of pyridine rings is 1. The van der Waals surface area contributed by atoms with Crippen LogP contribution in [-0.4, -0.2) is 16.1 Å². The number of hydrogen-bond donors (Lipinski definition) is 2. The van der Waals surface area contributed by atoms with Crippen molar-refractivity contribution in [1.29, 1.82) is 0 Å². The standard InChI is InChI=1S/C16H17ClN2O2/c1-9(2)14-7-11(16(20)21)8-15(19-14)18-13-5-4-10(3)6-12(13)17/h4-9H,1-3H3,(H,18,19)(H,20,21). The highest BCUT2D eigenvalue weighted by molar-refractivity contribution is 6.33. The van der Waals surface area contributed by atoms with Crippen LogP contribution in [-0.2, 0) is 0 Å². The minimum atomic E-state index is -0.975. The molecule has 1 aromatic carbocycles. The van der Waals surface area contributed by atoms with E-state index in [2.05, 4.69) is 10.3 Å². The van der Waals surface area contributed by atoms with E-state index < -0.39 is 5.97 Å². The van der Waals surface area contributed by atoms with Crippen LogP contribution in [0.4, 0.5) is 11.5 Å². The Hall–Kier alpha value is -2.07. The number of hydrogen-bond acceptors (Lipinski definition) is 3. The van der Waals surface area contributed by atoms with Crippen LogP contribution in [0.3, 0.4) is 0 Å². The second-order valence-electron chi connectivity index (χ2n) is 5.23. The Morgan fingerprint density at radius 3 is 2.57 bits per heavy atom. The zero-order valence-electron chi connectivity index (χ0n) is 12.1. The number of aromatic nitrogens is 1. The highest BCUT2D eigenvalue weighted by Gasteiger charge is 2.11. The van der Waals surface area contributed by atoms with E-state index in [9.17, 15) is 9.90 Å². The normalized spacial score (nSPS) is 10.7. The maximum atomic E-state index is 11.2. The molecule has 2 aromatic rings. The average Bonchev–Trinajstić information content (AvgIpc) is 2.41. The second kappa shape index (κ2) is 6.14. The van der Waals surface area contributed by atoms with Crippen LogP contribution in [0, 0.1) is 6.92 Å². The third kappa shape index (κ3) is 3.73. The van der Waals surface area contributed by atoms with E-state index in [4.69, 9.17) is 11.6 Å². The lowest BCUT2D eigenvalue weighted by Crippen LogP contribution is -2.05. The molecule has 0 saturated heterocycles. The van der Waals surface area contributed by atoms with Gasteiger partial charge in [-0.2, -0.15) is 0 Å². The van der Waals surface area contributed by atoms with Crippen molar-refractivity contribution in [2.45, 2.75) is 26.7 Å². The predicted octanol–water partition coefficient (Wildman–Crippen LogP) is 4.61. The smallest absolute Gasteiger partial charge is 0.335 e. The Morgan fingerprint density at radius 2 is 2.00 bits per heavy atom. The van der Waals surface area contributed by atoms with Gasteiger partial charge in [0.25, 0.3) is 0 Å². The molecule has 4 nitrogen and oxygen atoms in total. The van der Waals surface area contributed by atoms with Crippen LogP contribution in [0.2, 0.25) is 5.02 Å². The quantitative estimate of drug-likeness (QED) is 0.866. The Kier molecular flexibility index (Phi) is 4.48. The number of nitrogens with zero attached hydrogens (tertiary/aromatic N) is 1. The van der Waals surface area contributed by atoms with Crippen molar-refractivity contribution in [1.82, 2.24) is 4.98 Å². The molecule has 0 radical (unpaired) electrons. The third-order valence-corrected chi connectivity index (χ3v) is 3.38. The molecule has 0 saturated carbocycles. The molecular formula is C16H17ClN2O2. The maximum Gasteiger partial charge on any atom is 0.335 e. The van der Waals surface area contributed by atoms with Crippen molar-refractivity contribution in [3.8, 4) is 0 Å². The summed E-state index contributed by atoms with van der Waals surface area (Å²) in [6.07, 6.45) is 0. The fourth-order valence-corrected chi connectivity index (χ4v) is 2.18. The fourth-order valence-electron chi connectivity index (χ4n) is 1.89. The summed E-state index contributed by atoms with van der Waals surface area (Å²) in [5.41, 5.74) is 2.69. The number of carbonyl (C=O) groups is 1. The highest BCUT2D eigenvalue weighted by atomic mass is 35.5. The SMILES string of the molecule is Cc1ccc(Nc2cc(C(=O)O)cc(C(C)C)n2)c(Cl)c1. The zero-order valence-corrected chi connectivity index (χ0v) is 12.9. The first kappa shape index (κ1) is 15.3. The van der Waals surface area contributed by atoms with Gasteiger partial charge in [0.1, 0.15) is 5.82 Å². The van der Waals surface area contributed by atoms with Gasteiger partial charge < -0.3 is 10.4 Å². The van der Waals surface area contributed by atoms with Gasteiger partial charge in [-0.05, 0) is 42.7 Å². The van der Waals surface area contributed by atoms with E-state index in [0.29, 0.717) is 16.5 Å². The molecule has 0 unspecified atom stereocenters. The van der Waals surface area contributed by atoms with Gasteiger partial charge >= 0.3 is 5.97 Å². The monoisotopic (exact) mass is 304 g/mol. The summed E-state index contributed by atoms with van der Waals surface area (Å²) in [4.78, 5) is 15.7. The Labute approximate surface area is 128 Å². The summed E-state index contributed by atoms with van der Waals surface area (Å²) < 4.78 is 0.